The van der Waals surface area contributed by atoms with Crippen LogP contribution < -0.4 is 10.1 Å². The molecule has 1 atom stereocenters. The summed E-state index contributed by atoms with van der Waals surface area (Å²) < 4.78 is 5.58. The summed E-state index contributed by atoms with van der Waals surface area (Å²) in [7, 11) is 1.69. The fraction of sp³-hybridized carbons (Fsp3) is 0.238. The molecule has 2 aromatic rings. The normalized spacial score (nSPS) is 11.8. The van der Waals surface area contributed by atoms with Crippen LogP contribution in [0.2, 0.25) is 0 Å². The number of amides is 2. The second-order valence-corrected chi connectivity index (χ2v) is 5.90. The average Bonchev–Trinajstić information content (AvgIpc) is 2.67. The third kappa shape index (κ3) is 6.43. The Kier molecular flexibility index (Phi) is 7.43. The van der Waals surface area contributed by atoms with E-state index in [2.05, 4.69) is 5.32 Å². The largest absolute Gasteiger partial charge is 0.492 e. The lowest BCUT2D eigenvalue weighted by molar-refractivity contribution is -0.134. The van der Waals surface area contributed by atoms with Crippen LogP contribution in [-0.4, -0.2) is 43.0 Å². The lowest BCUT2D eigenvalue weighted by Crippen LogP contribution is -2.46. The minimum atomic E-state index is -0.607. The summed E-state index contributed by atoms with van der Waals surface area (Å²) in [6, 6.07) is 18.3. The van der Waals surface area contributed by atoms with Crippen LogP contribution in [0, 0.1) is 0 Å². The van der Waals surface area contributed by atoms with Gasteiger partial charge in [0.1, 0.15) is 18.4 Å². The van der Waals surface area contributed by atoms with Gasteiger partial charge in [0.05, 0.1) is 6.54 Å². The van der Waals surface area contributed by atoms with Crippen LogP contribution in [0.4, 0.5) is 0 Å². The zero-order valence-corrected chi connectivity index (χ0v) is 15.1. The van der Waals surface area contributed by atoms with Gasteiger partial charge in [0.2, 0.25) is 11.8 Å². The van der Waals surface area contributed by atoms with E-state index in [1.807, 2.05) is 60.7 Å². The predicted octanol–water partition coefficient (Wildman–Crippen LogP) is 2.74. The van der Waals surface area contributed by atoms with Crippen molar-refractivity contribution in [2.45, 2.75) is 13.0 Å². The van der Waals surface area contributed by atoms with Gasteiger partial charge in [-0.25, -0.2) is 0 Å². The highest BCUT2D eigenvalue weighted by molar-refractivity contribution is 5.95. The van der Waals surface area contributed by atoms with Gasteiger partial charge in [-0.15, -0.1) is 0 Å². The molecule has 2 rings (SSSR count). The summed E-state index contributed by atoms with van der Waals surface area (Å²) >= 11 is 0. The van der Waals surface area contributed by atoms with Crippen LogP contribution >= 0.6 is 0 Å². The molecule has 0 aliphatic heterocycles. The Labute approximate surface area is 154 Å². The second-order valence-electron chi connectivity index (χ2n) is 5.90. The summed E-state index contributed by atoms with van der Waals surface area (Å²) in [5.74, 6) is 0.299. The molecular formula is C21H24N2O3. The molecule has 2 amide bonds. The van der Waals surface area contributed by atoms with Gasteiger partial charge in [-0.1, -0.05) is 48.5 Å². The van der Waals surface area contributed by atoms with Crippen molar-refractivity contribution < 1.29 is 14.3 Å². The molecule has 0 spiro atoms. The third-order valence-electron chi connectivity index (χ3n) is 3.77. The number of benzene rings is 2. The Balaban J connectivity index is 1.75. The Morgan fingerprint density at radius 1 is 1.08 bits per heavy atom. The Morgan fingerprint density at radius 2 is 1.69 bits per heavy atom. The number of nitrogens with zero attached hydrogens (tertiary/aromatic N) is 1. The number of carbonyl (C=O) groups is 2. The number of hydrogen-bond acceptors (Lipinski definition) is 3. The first-order valence-electron chi connectivity index (χ1n) is 8.52. The number of likely N-dealkylation sites (N-methyl/N-ethyl adjacent to an activating group) is 1. The van der Waals surface area contributed by atoms with Crippen molar-refractivity contribution in [1.82, 2.24) is 10.2 Å². The number of hydrogen-bond donors (Lipinski definition) is 1. The van der Waals surface area contributed by atoms with E-state index in [0.717, 1.165) is 11.3 Å². The zero-order chi connectivity index (χ0) is 18.8. The molecule has 0 aliphatic carbocycles. The molecule has 2 aromatic carbocycles. The van der Waals surface area contributed by atoms with E-state index in [-0.39, 0.29) is 11.8 Å². The summed E-state index contributed by atoms with van der Waals surface area (Å²) in [5.41, 5.74) is 0.928. The first kappa shape index (κ1) is 19.2. The molecule has 26 heavy (non-hydrogen) atoms. The minimum Gasteiger partial charge on any atom is -0.492 e. The van der Waals surface area contributed by atoms with Crippen molar-refractivity contribution in [3.63, 3.8) is 0 Å². The van der Waals surface area contributed by atoms with Crippen molar-refractivity contribution in [1.29, 1.82) is 0 Å². The molecule has 136 valence electrons. The maximum atomic E-state index is 12.3. The average molecular weight is 352 g/mol. The molecule has 0 aliphatic rings. The minimum absolute atomic E-state index is 0.164. The van der Waals surface area contributed by atoms with Crippen molar-refractivity contribution in [2.75, 3.05) is 20.2 Å². The van der Waals surface area contributed by atoms with Crippen molar-refractivity contribution in [2.24, 2.45) is 0 Å². The van der Waals surface area contributed by atoms with Crippen LogP contribution in [0.5, 0.6) is 5.75 Å². The monoisotopic (exact) mass is 352 g/mol. The Morgan fingerprint density at radius 3 is 2.35 bits per heavy atom. The smallest absolute Gasteiger partial charge is 0.244 e. The van der Waals surface area contributed by atoms with E-state index in [4.69, 9.17) is 4.74 Å². The summed E-state index contributed by atoms with van der Waals surface area (Å²) in [5, 5.41) is 2.68. The molecule has 5 heteroatoms. The number of para-hydroxylation sites is 1. The molecule has 1 N–H and O–H groups in total. The first-order chi connectivity index (χ1) is 12.6. The standard InChI is InChI=1S/C21H24N2O3/c1-17(22-20(24)14-13-18-9-5-3-6-10-18)21(25)23(2)15-16-26-19-11-7-4-8-12-19/h3-14,17H,15-16H2,1-2H3,(H,22,24)/b14-13+. The molecule has 0 aromatic heterocycles. The maximum Gasteiger partial charge on any atom is 0.244 e. The quantitative estimate of drug-likeness (QED) is 0.743. The third-order valence-corrected chi connectivity index (χ3v) is 3.77. The molecule has 0 saturated heterocycles. The molecule has 0 saturated carbocycles. The van der Waals surface area contributed by atoms with Crippen LogP contribution in [-0.2, 0) is 9.59 Å². The SMILES string of the molecule is CC(NC(=O)/C=C/c1ccccc1)C(=O)N(C)CCOc1ccccc1. The highest BCUT2D eigenvalue weighted by Gasteiger charge is 2.18. The van der Waals surface area contributed by atoms with Gasteiger partial charge < -0.3 is 15.0 Å². The van der Waals surface area contributed by atoms with Gasteiger partial charge in [-0.05, 0) is 30.7 Å². The Hall–Kier alpha value is -3.08. The van der Waals surface area contributed by atoms with E-state index < -0.39 is 6.04 Å². The molecule has 0 radical (unpaired) electrons. The van der Waals surface area contributed by atoms with E-state index in [9.17, 15) is 9.59 Å². The molecule has 5 nitrogen and oxygen atoms in total. The molecule has 0 bridgehead atoms. The second kappa shape index (κ2) is 10.0. The lowest BCUT2D eigenvalue weighted by atomic mass is 10.2. The van der Waals surface area contributed by atoms with E-state index >= 15 is 0 Å². The summed E-state index contributed by atoms with van der Waals surface area (Å²) in [4.78, 5) is 25.8. The molecular weight excluding hydrogens is 328 g/mol. The van der Waals surface area contributed by atoms with Crippen molar-refractivity contribution in [3.05, 3.63) is 72.3 Å². The first-order valence-corrected chi connectivity index (χ1v) is 8.52. The van der Waals surface area contributed by atoms with Gasteiger partial charge in [-0.3, -0.25) is 9.59 Å². The van der Waals surface area contributed by atoms with Gasteiger partial charge >= 0.3 is 0 Å². The van der Waals surface area contributed by atoms with E-state index in [1.165, 1.54) is 6.08 Å². The topological polar surface area (TPSA) is 58.6 Å². The van der Waals surface area contributed by atoms with Crippen LogP contribution in [0.3, 0.4) is 0 Å². The number of rotatable bonds is 8. The summed E-state index contributed by atoms with van der Waals surface area (Å²) in [6.07, 6.45) is 3.14. The zero-order valence-electron chi connectivity index (χ0n) is 15.1. The Bertz CT molecular complexity index is 729. The maximum absolute atomic E-state index is 12.3. The molecule has 0 heterocycles. The van der Waals surface area contributed by atoms with E-state index in [0.29, 0.717) is 13.2 Å². The summed E-state index contributed by atoms with van der Waals surface area (Å²) in [6.45, 7) is 2.50. The number of carbonyl (C=O) groups excluding carboxylic acids is 2. The van der Waals surface area contributed by atoms with Crippen LogP contribution in [0.1, 0.15) is 12.5 Å². The van der Waals surface area contributed by atoms with E-state index in [1.54, 1.807) is 24.9 Å². The van der Waals surface area contributed by atoms with Crippen LogP contribution in [0.25, 0.3) is 6.08 Å². The fourth-order valence-electron chi connectivity index (χ4n) is 2.32. The molecule has 0 fully saturated rings. The lowest BCUT2D eigenvalue weighted by Gasteiger charge is -2.21. The molecule has 1 unspecified atom stereocenters. The van der Waals surface area contributed by atoms with Gasteiger partial charge in [0.25, 0.3) is 0 Å². The van der Waals surface area contributed by atoms with Gasteiger partial charge in [-0.2, -0.15) is 0 Å². The fourth-order valence-corrected chi connectivity index (χ4v) is 2.32. The highest BCUT2D eigenvalue weighted by Crippen LogP contribution is 2.08. The van der Waals surface area contributed by atoms with Crippen molar-refractivity contribution in [3.8, 4) is 5.75 Å². The van der Waals surface area contributed by atoms with Gasteiger partial charge in [0, 0.05) is 13.1 Å². The number of nitrogens with one attached hydrogen (secondary N) is 1. The predicted molar refractivity (Wildman–Crippen MR) is 103 cm³/mol. The number of ether oxygens (including phenoxy) is 1. The highest BCUT2D eigenvalue weighted by atomic mass is 16.5. The van der Waals surface area contributed by atoms with Crippen molar-refractivity contribution >= 4 is 17.9 Å². The van der Waals surface area contributed by atoms with Gasteiger partial charge in [0.15, 0.2) is 0 Å². The van der Waals surface area contributed by atoms with Crippen LogP contribution in [0.15, 0.2) is 66.7 Å².